The van der Waals surface area contributed by atoms with E-state index in [1.165, 1.54) is 34.7 Å². The molecule has 0 saturated heterocycles. The highest BCUT2D eigenvalue weighted by Crippen LogP contribution is 2.19. The number of nitrogens with zero attached hydrogens (tertiary/aromatic N) is 3. The molecule has 0 saturated carbocycles. The van der Waals surface area contributed by atoms with Crippen LogP contribution in [0.5, 0.6) is 5.19 Å². The fraction of sp³-hybridized carbons (Fsp3) is 0.400. The van der Waals surface area contributed by atoms with Gasteiger partial charge in [0.2, 0.25) is 5.91 Å². The maximum Gasteiger partial charge on any atom is 0.407 e. The second-order valence-electron chi connectivity index (χ2n) is 12.0. The summed E-state index contributed by atoms with van der Waals surface area (Å²) in [4.78, 5) is 50.4. The SMILES string of the molecule is COc1nc(CN(C)C(=O)N[C@H](C(=O)N[C@@H](Cc2ccccc2)C[C@H](O)[C@H](Cc2ccccc2)NC(=O)OCc2cncs2)C(C)C)cs1. The maximum absolute atomic E-state index is 13.8. The molecule has 262 valence electrons. The van der Waals surface area contributed by atoms with E-state index < -0.39 is 36.4 Å². The van der Waals surface area contributed by atoms with Gasteiger partial charge in [-0.05, 0) is 36.3 Å². The van der Waals surface area contributed by atoms with Crippen molar-refractivity contribution in [2.45, 2.75) is 70.5 Å². The van der Waals surface area contributed by atoms with Crippen molar-refractivity contribution in [1.82, 2.24) is 30.8 Å². The minimum absolute atomic E-state index is 0.0623. The van der Waals surface area contributed by atoms with Crippen molar-refractivity contribution in [3.8, 4) is 5.19 Å². The van der Waals surface area contributed by atoms with E-state index in [1.54, 1.807) is 18.8 Å². The van der Waals surface area contributed by atoms with Crippen molar-refractivity contribution in [3.63, 3.8) is 0 Å². The van der Waals surface area contributed by atoms with Gasteiger partial charge in [-0.2, -0.15) is 0 Å². The van der Waals surface area contributed by atoms with Gasteiger partial charge in [0, 0.05) is 24.7 Å². The molecule has 49 heavy (non-hydrogen) atoms. The minimum Gasteiger partial charge on any atom is -0.473 e. The van der Waals surface area contributed by atoms with Crippen molar-refractivity contribution < 1.29 is 29.0 Å². The Kier molecular flexibility index (Phi) is 14.4. The highest BCUT2D eigenvalue weighted by atomic mass is 32.1. The van der Waals surface area contributed by atoms with E-state index in [1.807, 2.05) is 79.9 Å². The molecule has 0 unspecified atom stereocenters. The summed E-state index contributed by atoms with van der Waals surface area (Å²) in [5, 5.41) is 22.8. The average molecular weight is 709 g/mol. The fourth-order valence-electron chi connectivity index (χ4n) is 5.18. The van der Waals surface area contributed by atoms with Crippen molar-refractivity contribution in [1.29, 1.82) is 0 Å². The predicted octanol–water partition coefficient (Wildman–Crippen LogP) is 4.79. The molecule has 4 amide bonds. The van der Waals surface area contributed by atoms with E-state index >= 15 is 0 Å². The molecule has 0 aliphatic heterocycles. The number of amides is 4. The Morgan fingerprint density at radius 3 is 2.20 bits per heavy atom. The Bertz CT molecular complexity index is 1590. The normalized spacial score (nSPS) is 13.5. The van der Waals surface area contributed by atoms with Crippen molar-refractivity contribution in [2.24, 2.45) is 5.92 Å². The zero-order chi connectivity index (χ0) is 35.2. The number of nitrogens with one attached hydrogen (secondary N) is 3. The standard InChI is InChI=1S/C35H44N6O6S2/c1-23(2)31(40-33(44)41(3)19-27-21-48-35(38-27)46-4)32(43)37-26(15-24-11-7-5-8-12-24)17-30(42)29(16-25-13-9-6-10-14-25)39-34(45)47-20-28-18-36-22-49-28/h5-14,18,21-23,26,29-31,42H,15-17,19-20H2,1-4H3,(H,37,43)(H,39,45)(H,40,44)/t26-,29-,30-,31-/m0/s1. The number of urea groups is 1. The van der Waals surface area contributed by atoms with Gasteiger partial charge in [0.05, 0.1) is 41.9 Å². The summed E-state index contributed by atoms with van der Waals surface area (Å²) in [5.41, 5.74) is 4.21. The summed E-state index contributed by atoms with van der Waals surface area (Å²) in [6.45, 7) is 4.01. The third-order valence-corrected chi connectivity index (χ3v) is 9.37. The molecule has 0 aliphatic rings. The number of hydrogen-bond acceptors (Lipinski definition) is 10. The molecule has 4 rings (SSSR count). The molecular formula is C35H44N6O6S2. The zero-order valence-electron chi connectivity index (χ0n) is 28.1. The van der Waals surface area contributed by atoms with Gasteiger partial charge in [0.25, 0.3) is 5.19 Å². The molecule has 4 atom stereocenters. The third kappa shape index (κ3) is 12.1. The zero-order valence-corrected chi connectivity index (χ0v) is 29.7. The lowest BCUT2D eigenvalue weighted by Crippen LogP contribution is -2.55. The summed E-state index contributed by atoms with van der Waals surface area (Å²) in [7, 11) is 3.17. The van der Waals surface area contributed by atoms with Crippen molar-refractivity contribution in [2.75, 3.05) is 14.2 Å². The minimum atomic E-state index is -1.06. The number of aliphatic hydroxyl groups excluding tert-OH is 1. The molecule has 4 aromatic rings. The first-order chi connectivity index (χ1) is 23.6. The van der Waals surface area contributed by atoms with E-state index in [9.17, 15) is 19.5 Å². The van der Waals surface area contributed by atoms with Crippen LogP contribution in [-0.2, 0) is 35.5 Å². The summed E-state index contributed by atoms with van der Waals surface area (Å²) in [6.07, 6.45) is 0.789. The third-order valence-electron chi connectivity index (χ3n) is 7.77. The van der Waals surface area contributed by atoms with Gasteiger partial charge in [-0.25, -0.2) is 14.6 Å². The number of ether oxygens (including phenoxy) is 2. The van der Waals surface area contributed by atoms with Gasteiger partial charge in [-0.3, -0.25) is 9.78 Å². The van der Waals surface area contributed by atoms with Crippen molar-refractivity contribution >= 4 is 40.7 Å². The molecular weight excluding hydrogens is 665 g/mol. The van der Waals surface area contributed by atoms with Gasteiger partial charge in [0.15, 0.2) is 0 Å². The number of thiazole rings is 2. The molecule has 2 aromatic heterocycles. The second kappa shape index (κ2) is 18.9. The van der Waals surface area contributed by atoms with Crippen LogP contribution in [0.3, 0.4) is 0 Å². The summed E-state index contributed by atoms with van der Waals surface area (Å²) in [5.74, 6) is -0.614. The van der Waals surface area contributed by atoms with Gasteiger partial charge >= 0.3 is 12.1 Å². The van der Waals surface area contributed by atoms with E-state index in [0.717, 1.165) is 16.0 Å². The van der Waals surface area contributed by atoms with Gasteiger partial charge in [0.1, 0.15) is 12.6 Å². The fourth-order valence-corrected chi connectivity index (χ4v) is 6.32. The Balaban J connectivity index is 1.47. The molecule has 0 aliphatic carbocycles. The second-order valence-corrected chi connectivity index (χ2v) is 13.8. The average Bonchev–Trinajstić information content (AvgIpc) is 3.79. The van der Waals surface area contributed by atoms with Crippen LogP contribution < -0.4 is 20.7 Å². The number of alkyl carbamates (subject to hydrolysis) is 1. The van der Waals surface area contributed by atoms with Crippen LogP contribution in [-0.4, -0.2) is 76.4 Å². The molecule has 0 fully saturated rings. The number of aliphatic hydroxyl groups is 1. The number of carbonyl (C=O) groups is 3. The molecule has 2 aromatic carbocycles. The van der Waals surface area contributed by atoms with Crippen LogP contribution in [0.1, 0.15) is 42.0 Å². The number of rotatable bonds is 17. The van der Waals surface area contributed by atoms with Crippen LogP contribution in [0.2, 0.25) is 0 Å². The van der Waals surface area contributed by atoms with E-state index in [-0.39, 0.29) is 31.4 Å². The number of carbonyl (C=O) groups excluding carboxylic acids is 3. The van der Waals surface area contributed by atoms with Gasteiger partial charge in [-0.15, -0.1) is 11.3 Å². The predicted molar refractivity (Wildman–Crippen MR) is 189 cm³/mol. The number of hydrogen-bond donors (Lipinski definition) is 4. The van der Waals surface area contributed by atoms with Gasteiger partial charge < -0.3 is 35.4 Å². The van der Waals surface area contributed by atoms with Crippen molar-refractivity contribution in [3.05, 3.63) is 99.4 Å². The number of aromatic nitrogens is 2. The lowest BCUT2D eigenvalue weighted by atomic mass is 9.93. The molecule has 0 radical (unpaired) electrons. The summed E-state index contributed by atoms with van der Waals surface area (Å²) >= 11 is 2.72. The smallest absolute Gasteiger partial charge is 0.407 e. The van der Waals surface area contributed by atoms with Crippen LogP contribution in [0, 0.1) is 5.92 Å². The number of benzene rings is 2. The monoisotopic (exact) mass is 708 g/mol. The molecule has 0 spiro atoms. The van der Waals surface area contributed by atoms with E-state index in [4.69, 9.17) is 9.47 Å². The van der Waals surface area contributed by atoms with Crippen LogP contribution in [0.15, 0.2) is 77.8 Å². The largest absolute Gasteiger partial charge is 0.473 e. The summed E-state index contributed by atoms with van der Waals surface area (Å²) in [6, 6.07) is 16.6. The molecule has 12 nitrogen and oxygen atoms in total. The molecule has 0 bridgehead atoms. The molecule has 4 N–H and O–H groups in total. The topological polar surface area (TPSA) is 155 Å². The Morgan fingerprint density at radius 1 is 0.939 bits per heavy atom. The first-order valence-corrected chi connectivity index (χ1v) is 17.7. The Labute approximate surface area is 294 Å². The summed E-state index contributed by atoms with van der Waals surface area (Å²) < 4.78 is 10.6. The van der Waals surface area contributed by atoms with Gasteiger partial charge in [-0.1, -0.05) is 85.8 Å². The van der Waals surface area contributed by atoms with Crippen LogP contribution in [0.4, 0.5) is 9.59 Å². The lowest BCUT2D eigenvalue weighted by molar-refractivity contribution is -0.124. The highest BCUT2D eigenvalue weighted by molar-refractivity contribution is 7.11. The Hall–Kier alpha value is -4.53. The quantitative estimate of drug-likeness (QED) is 0.122. The Morgan fingerprint density at radius 2 is 1.61 bits per heavy atom. The van der Waals surface area contributed by atoms with Crippen LogP contribution in [0.25, 0.3) is 0 Å². The molecule has 2 heterocycles. The van der Waals surface area contributed by atoms with E-state index in [0.29, 0.717) is 23.7 Å². The van der Waals surface area contributed by atoms with E-state index in [2.05, 4.69) is 25.9 Å². The first kappa shape index (κ1) is 37.3. The lowest BCUT2D eigenvalue weighted by Gasteiger charge is -2.30. The highest BCUT2D eigenvalue weighted by Gasteiger charge is 2.31. The first-order valence-electron chi connectivity index (χ1n) is 16.0. The molecule has 14 heteroatoms. The van der Waals surface area contributed by atoms with Crippen LogP contribution >= 0.6 is 22.7 Å². The number of methoxy groups -OCH3 is 1. The maximum atomic E-state index is 13.8.